The molecule has 0 spiro atoms. The molecule has 2 heterocycles. The summed E-state index contributed by atoms with van der Waals surface area (Å²) in [6.07, 6.45) is 2.81. The summed E-state index contributed by atoms with van der Waals surface area (Å²) in [7, 11) is 6.16. The highest BCUT2D eigenvalue weighted by molar-refractivity contribution is 5.85. The maximum atomic E-state index is 4.49. The molecule has 1 aromatic heterocycles. The maximum Gasteiger partial charge on any atom is 0.134 e. The van der Waals surface area contributed by atoms with E-state index in [0.29, 0.717) is 6.04 Å². The summed E-state index contributed by atoms with van der Waals surface area (Å²) in [4.78, 5) is 15.7. The Morgan fingerprint density at radius 2 is 1.78 bits per heavy atom. The SMILES string of the molecule is CN(C)c1cc(N(C)C2CCN(Cc3cccc4ccccc34)C2)ncn1. The number of nitrogens with zero attached hydrogens (tertiary/aromatic N) is 5. The first-order valence-corrected chi connectivity index (χ1v) is 9.53. The molecule has 0 saturated carbocycles. The minimum absolute atomic E-state index is 0.477. The number of benzene rings is 2. The lowest BCUT2D eigenvalue weighted by atomic mass is 10.0. The molecular weight excluding hydrogens is 334 g/mol. The third kappa shape index (κ3) is 3.74. The van der Waals surface area contributed by atoms with Crippen LogP contribution in [0.15, 0.2) is 54.9 Å². The minimum atomic E-state index is 0.477. The molecule has 1 unspecified atom stereocenters. The molecule has 4 rings (SSSR count). The molecule has 1 saturated heterocycles. The molecule has 140 valence electrons. The number of hydrogen-bond acceptors (Lipinski definition) is 5. The van der Waals surface area contributed by atoms with Crippen LogP contribution in [0.2, 0.25) is 0 Å². The molecule has 0 bridgehead atoms. The van der Waals surface area contributed by atoms with Crippen LogP contribution in [0.5, 0.6) is 0 Å². The standard InChI is InChI=1S/C22H27N5/c1-25(2)21-13-22(24-16-23-21)26(3)19-11-12-27(15-19)14-18-9-6-8-17-7-4-5-10-20(17)18/h4-10,13,16,19H,11-12,14-15H2,1-3H3. The summed E-state index contributed by atoms with van der Waals surface area (Å²) in [6, 6.07) is 17.8. The molecule has 2 aromatic carbocycles. The first-order valence-electron chi connectivity index (χ1n) is 9.53. The van der Waals surface area contributed by atoms with Gasteiger partial charge in [-0.2, -0.15) is 0 Å². The first-order chi connectivity index (χ1) is 13.1. The Kier molecular flexibility index (Phi) is 4.94. The predicted molar refractivity (Wildman–Crippen MR) is 112 cm³/mol. The Hall–Kier alpha value is -2.66. The van der Waals surface area contributed by atoms with Gasteiger partial charge in [-0.15, -0.1) is 0 Å². The van der Waals surface area contributed by atoms with Gasteiger partial charge in [0, 0.05) is 52.9 Å². The number of likely N-dealkylation sites (tertiary alicyclic amines) is 1. The van der Waals surface area contributed by atoms with E-state index in [1.54, 1.807) is 6.33 Å². The summed E-state index contributed by atoms with van der Waals surface area (Å²) >= 11 is 0. The van der Waals surface area contributed by atoms with Crippen molar-refractivity contribution in [2.24, 2.45) is 0 Å². The molecule has 1 aliphatic rings. The molecule has 3 aromatic rings. The van der Waals surface area contributed by atoms with E-state index in [2.05, 4.69) is 75.3 Å². The van der Waals surface area contributed by atoms with Crippen LogP contribution in [0.1, 0.15) is 12.0 Å². The number of likely N-dealkylation sites (N-methyl/N-ethyl adjacent to an activating group) is 1. The lowest BCUT2D eigenvalue weighted by Gasteiger charge is -2.26. The Balaban J connectivity index is 1.46. The third-order valence-electron chi connectivity index (χ3n) is 5.53. The van der Waals surface area contributed by atoms with Crippen LogP contribution >= 0.6 is 0 Å². The summed E-state index contributed by atoms with van der Waals surface area (Å²) in [5.41, 5.74) is 1.41. The van der Waals surface area contributed by atoms with Gasteiger partial charge in [-0.05, 0) is 22.8 Å². The predicted octanol–water partition coefficient (Wildman–Crippen LogP) is 3.41. The second-order valence-corrected chi connectivity index (χ2v) is 7.56. The van der Waals surface area contributed by atoms with Crippen molar-refractivity contribution >= 4 is 22.4 Å². The average Bonchev–Trinajstić information content (AvgIpc) is 3.16. The zero-order chi connectivity index (χ0) is 18.8. The third-order valence-corrected chi connectivity index (χ3v) is 5.53. The van der Waals surface area contributed by atoms with Crippen molar-refractivity contribution in [3.63, 3.8) is 0 Å². The van der Waals surface area contributed by atoms with Crippen LogP contribution in [0.3, 0.4) is 0 Å². The number of rotatable bonds is 5. The van der Waals surface area contributed by atoms with Crippen molar-refractivity contribution in [3.05, 3.63) is 60.4 Å². The molecule has 1 atom stereocenters. The topological polar surface area (TPSA) is 35.5 Å². The highest BCUT2D eigenvalue weighted by atomic mass is 15.3. The van der Waals surface area contributed by atoms with Gasteiger partial charge in [0.25, 0.3) is 0 Å². The highest BCUT2D eigenvalue weighted by Crippen LogP contribution is 2.25. The van der Waals surface area contributed by atoms with Crippen molar-refractivity contribution in [3.8, 4) is 0 Å². The average molecular weight is 361 g/mol. The largest absolute Gasteiger partial charge is 0.363 e. The van der Waals surface area contributed by atoms with Crippen molar-refractivity contribution in [2.45, 2.75) is 19.0 Å². The van der Waals surface area contributed by atoms with E-state index in [1.807, 2.05) is 19.0 Å². The Morgan fingerprint density at radius 1 is 1.00 bits per heavy atom. The summed E-state index contributed by atoms with van der Waals surface area (Å²) in [5.74, 6) is 1.93. The molecule has 1 fully saturated rings. The molecule has 5 heteroatoms. The zero-order valence-electron chi connectivity index (χ0n) is 16.3. The fraction of sp³-hybridized carbons (Fsp3) is 0.364. The highest BCUT2D eigenvalue weighted by Gasteiger charge is 2.27. The Labute approximate surface area is 161 Å². The lowest BCUT2D eigenvalue weighted by molar-refractivity contribution is 0.327. The van der Waals surface area contributed by atoms with Gasteiger partial charge < -0.3 is 9.80 Å². The van der Waals surface area contributed by atoms with E-state index in [4.69, 9.17) is 0 Å². The quantitative estimate of drug-likeness (QED) is 0.696. The molecular formula is C22H27N5. The summed E-state index contributed by atoms with van der Waals surface area (Å²) in [5, 5.41) is 2.68. The van der Waals surface area contributed by atoms with Gasteiger partial charge in [0.15, 0.2) is 0 Å². The molecule has 1 aliphatic heterocycles. The summed E-state index contributed by atoms with van der Waals surface area (Å²) < 4.78 is 0. The molecule has 5 nitrogen and oxygen atoms in total. The van der Waals surface area contributed by atoms with Crippen LogP contribution < -0.4 is 9.80 Å². The number of hydrogen-bond donors (Lipinski definition) is 0. The van der Waals surface area contributed by atoms with E-state index >= 15 is 0 Å². The van der Waals surface area contributed by atoms with Crippen LogP contribution in [0.4, 0.5) is 11.6 Å². The molecule has 0 radical (unpaired) electrons. The van der Waals surface area contributed by atoms with Crippen LogP contribution in [0, 0.1) is 0 Å². The second kappa shape index (κ2) is 7.53. The van der Waals surface area contributed by atoms with Gasteiger partial charge in [-0.1, -0.05) is 42.5 Å². The number of fused-ring (bicyclic) bond motifs is 1. The zero-order valence-corrected chi connectivity index (χ0v) is 16.3. The monoisotopic (exact) mass is 361 g/mol. The second-order valence-electron chi connectivity index (χ2n) is 7.56. The van der Waals surface area contributed by atoms with Crippen LogP contribution in [0.25, 0.3) is 10.8 Å². The smallest absolute Gasteiger partial charge is 0.134 e. The van der Waals surface area contributed by atoms with Crippen molar-refractivity contribution in [1.29, 1.82) is 0 Å². The van der Waals surface area contributed by atoms with Gasteiger partial charge in [0.1, 0.15) is 18.0 Å². The molecule has 0 N–H and O–H groups in total. The van der Waals surface area contributed by atoms with Crippen molar-refractivity contribution in [2.75, 3.05) is 44.0 Å². The molecule has 0 aliphatic carbocycles. The minimum Gasteiger partial charge on any atom is -0.363 e. The number of aromatic nitrogens is 2. The van der Waals surface area contributed by atoms with E-state index < -0.39 is 0 Å². The normalized spacial score (nSPS) is 17.4. The van der Waals surface area contributed by atoms with Gasteiger partial charge >= 0.3 is 0 Å². The fourth-order valence-electron chi connectivity index (χ4n) is 3.90. The Morgan fingerprint density at radius 3 is 2.63 bits per heavy atom. The van der Waals surface area contributed by atoms with Crippen molar-refractivity contribution < 1.29 is 0 Å². The first kappa shape index (κ1) is 17.7. The van der Waals surface area contributed by atoms with E-state index in [9.17, 15) is 0 Å². The lowest BCUT2D eigenvalue weighted by Crippen LogP contribution is -2.35. The van der Waals surface area contributed by atoms with E-state index in [-0.39, 0.29) is 0 Å². The van der Waals surface area contributed by atoms with Crippen molar-refractivity contribution in [1.82, 2.24) is 14.9 Å². The van der Waals surface area contributed by atoms with Gasteiger partial charge in [-0.3, -0.25) is 4.90 Å². The van der Waals surface area contributed by atoms with Crippen LogP contribution in [-0.4, -0.2) is 55.1 Å². The molecule has 0 amide bonds. The maximum absolute atomic E-state index is 4.49. The Bertz CT molecular complexity index is 918. The molecule has 27 heavy (non-hydrogen) atoms. The van der Waals surface area contributed by atoms with E-state index in [0.717, 1.165) is 37.7 Å². The van der Waals surface area contributed by atoms with Gasteiger partial charge in [-0.25, -0.2) is 9.97 Å². The summed E-state index contributed by atoms with van der Waals surface area (Å²) in [6.45, 7) is 3.17. The van der Waals surface area contributed by atoms with E-state index in [1.165, 1.54) is 16.3 Å². The van der Waals surface area contributed by atoms with Gasteiger partial charge in [0.2, 0.25) is 0 Å². The van der Waals surface area contributed by atoms with Gasteiger partial charge in [0.05, 0.1) is 0 Å². The number of anilines is 2. The van der Waals surface area contributed by atoms with Crippen LogP contribution in [-0.2, 0) is 6.54 Å². The fourth-order valence-corrected chi connectivity index (χ4v) is 3.90.